The number of hydrogen-bond acceptors (Lipinski definition) is 5. The molecule has 0 amide bonds. The zero-order chi connectivity index (χ0) is 14.3. The minimum atomic E-state index is -3.51. The van der Waals surface area contributed by atoms with Crippen LogP contribution in [0.15, 0.2) is 4.90 Å². The lowest BCUT2D eigenvalue weighted by atomic mass is 10.3. The van der Waals surface area contributed by atoms with Crippen LogP contribution in [0.4, 0.5) is 0 Å². The molecular formula is C11H22N4O3S. The van der Waals surface area contributed by atoms with E-state index >= 15 is 0 Å². The third-order valence-corrected chi connectivity index (χ3v) is 4.30. The van der Waals surface area contributed by atoms with Crippen LogP contribution in [0.2, 0.25) is 0 Å². The van der Waals surface area contributed by atoms with Crippen molar-refractivity contribution in [3.8, 4) is 0 Å². The molecule has 8 heteroatoms. The lowest BCUT2D eigenvalue weighted by Gasteiger charge is -2.07. The van der Waals surface area contributed by atoms with Gasteiger partial charge in [0.2, 0.25) is 10.0 Å². The van der Waals surface area contributed by atoms with Crippen molar-refractivity contribution in [3.63, 3.8) is 0 Å². The van der Waals surface area contributed by atoms with E-state index in [0.717, 1.165) is 12.8 Å². The average Bonchev–Trinajstić information content (AvgIpc) is 2.71. The van der Waals surface area contributed by atoms with Crippen LogP contribution < -0.4 is 10.0 Å². The number of ether oxygens (including phenoxy) is 1. The van der Waals surface area contributed by atoms with Gasteiger partial charge < -0.3 is 10.1 Å². The number of methoxy groups -OCH3 is 1. The number of nitrogens with zero attached hydrogens (tertiary/aromatic N) is 1. The van der Waals surface area contributed by atoms with Gasteiger partial charge in [-0.25, -0.2) is 13.1 Å². The molecule has 0 aliphatic carbocycles. The molecule has 0 unspecified atom stereocenters. The van der Waals surface area contributed by atoms with Crippen LogP contribution in [0.3, 0.4) is 0 Å². The van der Waals surface area contributed by atoms with Crippen LogP contribution in [-0.4, -0.2) is 45.9 Å². The highest BCUT2D eigenvalue weighted by Gasteiger charge is 2.23. The van der Waals surface area contributed by atoms with E-state index in [1.165, 1.54) is 0 Å². The molecule has 7 nitrogen and oxygen atoms in total. The fraction of sp³-hybridized carbons (Fsp3) is 0.727. The third-order valence-electron chi connectivity index (χ3n) is 2.64. The Bertz CT molecular complexity index is 484. The van der Waals surface area contributed by atoms with Gasteiger partial charge in [-0.15, -0.1) is 0 Å². The van der Waals surface area contributed by atoms with Crippen molar-refractivity contribution in [3.05, 3.63) is 11.4 Å². The second kappa shape index (κ2) is 7.59. The van der Waals surface area contributed by atoms with E-state index in [4.69, 9.17) is 4.74 Å². The van der Waals surface area contributed by atoms with Gasteiger partial charge in [-0.2, -0.15) is 5.10 Å². The highest BCUT2D eigenvalue weighted by atomic mass is 32.2. The molecule has 3 N–H and O–H groups in total. The molecule has 1 heterocycles. The second-order valence-electron chi connectivity index (χ2n) is 4.25. The highest BCUT2D eigenvalue weighted by Crippen LogP contribution is 2.17. The van der Waals surface area contributed by atoms with Crippen molar-refractivity contribution >= 4 is 10.0 Å². The topological polar surface area (TPSA) is 96.1 Å². The summed E-state index contributed by atoms with van der Waals surface area (Å²) < 4.78 is 31.9. The zero-order valence-electron chi connectivity index (χ0n) is 11.6. The minimum Gasteiger partial charge on any atom is -0.385 e. The molecule has 0 aliphatic rings. The summed E-state index contributed by atoms with van der Waals surface area (Å²) in [4.78, 5) is 0.244. The Morgan fingerprint density at radius 3 is 2.74 bits per heavy atom. The van der Waals surface area contributed by atoms with E-state index in [1.54, 1.807) is 21.1 Å². The van der Waals surface area contributed by atoms with Gasteiger partial charge in [0.25, 0.3) is 0 Å². The van der Waals surface area contributed by atoms with E-state index in [9.17, 15) is 8.42 Å². The Morgan fingerprint density at radius 1 is 1.37 bits per heavy atom. The Kier molecular flexibility index (Phi) is 6.43. The SMILES string of the molecule is CNCc1n[nH]c(C)c1S(=O)(=O)NCCCCOC. The molecule has 0 saturated heterocycles. The summed E-state index contributed by atoms with van der Waals surface area (Å²) in [6, 6.07) is 0. The number of sulfonamides is 1. The number of unbranched alkanes of at least 4 members (excludes halogenated alkanes) is 1. The Hall–Kier alpha value is -0.960. The first kappa shape index (κ1) is 16.1. The average molecular weight is 290 g/mol. The van der Waals surface area contributed by atoms with Gasteiger partial charge >= 0.3 is 0 Å². The standard InChI is InChI=1S/C11H22N4O3S/c1-9-11(10(8-12-2)15-14-9)19(16,17)13-6-4-5-7-18-3/h12-13H,4-8H2,1-3H3,(H,14,15). The van der Waals surface area contributed by atoms with Crippen LogP contribution in [0.25, 0.3) is 0 Å². The quantitative estimate of drug-likeness (QED) is 0.562. The van der Waals surface area contributed by atoms with Crippen LogP contribution >= 0.6 is 0 Å². The highest BCUT2D eigenvalue weighted by molar-refractivity contribution is 7.89. The van der Waals surface area contributed by atoms with Crippen LogP contribution in [-0.2, 0) is 21.3 Å². The molecule has 0 saturated carbocycles. The van der Waals surface area contributed by atoms with Gasteiger partial charge in [0.15, 0.2) is 0 Å². The minimum absolute atomic E-state index is 0.244. The molecule has 1 aromatic rings. The lowest BCUT2D eigenvalue weighted by molar-refractivity contribution is 0.193. The van der Waals surface area contributed by atoms with Gasteiger partial charge in [-0.3, -0.25) is 5.10 Å². The van der Waals surface area contributed by atoms with Gasteiger partial charge in [0.1, 0.15) is 4.90 Å². The normalized spacial score (nSPS) is 11.9. The summed E-state index contributed by atoms with van der Waals surface area (Å²) >= 11 is 0. The van der Waals surface area contributed by atoms with Gasteiger partial charge in [-0.1, -0.05) is 0 Å². The molecule has 1 rings (SSSR count). The molecule has 0 spiro atoms. The number of nitrogens with one attached hydrogen (secondary N) is 3. The number of rotatable bonds is 9. The molecule has 0 aliphatic heterocycles. The molecule has 110 valence electrons. The predicted molar refractivity (Wildman–Crippen MR) is 72.4 cm³/mol. The molecule has 0 bridgehead atoms. The molecule has 0 radical (unpaired) electrons. The summed E-state index contributed by atoms with van der Waals surface area (Å²) in [5.74, 6) is 0. The van der Waals surface area contributed by atoms with E-state index in [0.29, 0.717) is 31.1 Å². The second-order valence-corrected chi connectivity index (χ2v) is 5.96. The van der Waals surface area contributed by atoms with E-state index < -0.39 is 10.0 Å². The van der Waals surface area contributed by atoms with Crippen molar-refractivity contribution in [1.82, 2.24) is 20.2 Å². The number of aromatic nitrogens is 2. The maximum Gasteiger partial charge on any atom is 0.244 e. The largest absolute Gasteiger partial charge is 0.385 e. The smallest absolute Gasteiger partial charge is 0.244 e. The Morgan fingerprint density at radius 2 is 2.11 bits per heavy atom. The Balaban J connectivity index is 2.69. The van der Waals surface area contributed by atoms with E-state index in [2.05, 4.69) is 20.2 Å². The van der Waals surface area contributed by atoms with Crippen molar-refractivity contribution < 1.29 is 13.2 Å². The summed E-state index contributed by atoms with van der Waals surface area (Å²) in [6.45, 7) is 3.14. The first-order valence-electron chi connectivity index (χ1n) is 6.20. The van der Waals surface area contributed by atoms with Gasteiger partial charge in [-0.05, 0) is 26.8 Å². The van der Waals surface area contributed by atoms with Crippen LogP contribution in [0.5, 0.6) is 0 Å². The molecule has 19 heavy (non-hydrogen) atoms. The first-order valence-corrected chi connectivity index (χ1v) is 7.68. The monoisotopic (exact) mass is 290 g/mol. The van der Waals surface area contributed by atoms with Crippen molar-refractivity contribution in [2.24, 2.45) is 0 Å². The summed E-state index contributed by atoms with van der Waals surface area (Å²) in [5, 5.41) is 9.62. The van der Waals surface area contributed by atoms with Crippen LogP contribution in [0, 0.1) is 6.92 Å². The van der Waals surface area contributed by atoms with Crippen molar-refractivity contribution in [2.45, 2.75) is 31.2 Å². The summed E-state index contributed by atoms with van der Waals surface area (Å²) in [6.07, 6.45) is 1.57. The lowest BCUT2D eigenvalue weighted by Crippen LogP contribution is -2.26. The molecule has 0 aromatic carbocycles. The number of hydrogen-bond donors (Lipinski definition) is 3. The summed E-state index contributed by atoms with van der Waals surface area (Å²) in [7, 11) is -0.136. The van der Waals surface area contributed by atoms with E-state index in [1.807, 2.05) is 0 Å². The molecular weight excluding hydrogens is 268 g/mol. The molecule has 0 atom stereocenters. The number of aryl methyl sites for hydroxylation is 1. The Labute approximate surface area is 114 Å². The maximum atomic E-state index is 12.2. The summed E-state index contributed by atoms with van der Waals surface area (Å²) in [5.41, 5.74) is 1.05. The van der Waals surface area contributed by atoms with E-state index in [-0.39, 0.29) is 4.90 Å². The fourth-order valence-corrected chi connectivity index (χ4v) is 3.20. The number of H-pyrrole nitrogens is 1. The zero-order valence-corrected chi connectivity index (χ0v) is 12.4. The van der Waals surface area contributed by atoms with Gasteiger partial charge in [0.05, 0.1) is 11.4 Å². The van der Waals surface area contributed by atoms with Crippen molar-refractivity contribution in [1.29, 1.82) is 0 Å². The predicted octanol–water partition coefficient (Wildman–Crippen LogP) is 0.142. The molecule has 0 fully saturated rings. The maximum absolute atomic E-state index is 12.2. The fourth-order valence-electron chi connectivity index (χ4n) is 1.76. The van der Waals surface area contributed by atoms with Gasteiger partial charge in [0, 0.05) is 26.8 Å². The molecule has 1 aromatic heterocycles. The number of aromatic amines is 1. The third kappa shape index (κ3) is 4.57. The first-order chi connectivity index (χ1) is 9.03. The van der Waals surface area contributed by atoms with Crippen molar-refractivity contribution in [2.75, 3.05) is 27.3 Å². The van der Waals surface area contributed by atoms with Crippen LogP contribution in [0.1, 0.15) is 24.2 Å².